The van der Waals surface area contributed by atoms with Crippen molar-refractivity contribution in [1.29, 1.82) is 0 Å². The molecule has 0 aliphatic heterocycles. The monoisotopic (exact) mass is 375 g/mol. The van der Waals surface area contributed by atoms with Gasteiger partial charge in [-0.25, -0.2) is 13.6 Å². The molecule has 0 spiro atoms. The van der Waals surface area contributed by atoms with E-state index in [0.29, 0.717) is 17.8 Å². The lowest BCUT2D eigenvalue weighted by atomic mass is 10.1. The Morgan fingerprint density at radius 2 is 1.52 bits per heavy atom. The highest BCUT2D eigenvalue weighted by atomic mass is 19.1. The van der Waals surface area contributed by atoms with Gasteiger partial charge in [0.2, 0.25) is 5.91 Å². The summed E-state index contributed by atoms with van der Waals surface area (Å²) in [6.45, 7) is 5.53. The minimum absolute atomic E-state index is 0.0707. The normalized spacial score (nSPS) is 11.8. The Labute approximate surface area is 157 Å². The Bertz CT molecular complexity index is 807. The second-order valence-electron chi connectivity index (χ2n) is 6.71. The molecule has 0 aliphatic rings. The number of anilines is 2. The summed E-state index contributed by atoms with van der Waals surface area (Å²) in [5.41, 5.74) is 1.34. The molecule has 0 radical (unpaired) electrons. The lowest BCUT2D eigenvalue weighted by Gasteiger charge is -2.16. The van der Waals surface area contributed by atoms with Crippen LogP contribution in [0.4, 0.5) is 25.0 Å². The first-order chi connectivity index (χ1) is 12.7. The van der Waals surface area contributed by atoms with Crippen molar-refractivity contribution in [2.75, 3.05) is 10.6 Å². The van der Waals surface area contributed by atoms with E-state index in [-0.39, 0.29) is 17.4 Å². The molecule has 0 saturated heterocycles. The molecule has 1 atom stereocenters. The van der Waals surface area contributed by atoms with Gasteiger partial charge in [-0.15, -0.1) is 0 Å². The fraction of sp³-hybridized carbons (Fsp3) is 0.300. The van der Waals surface area contributed by atoms with Crippen LogP contribution in [0.25, 0.3) is 0 Å². The van der Waals surface area contributed by atoms with Gasteiger partial charge < -0.3 is 16.0 Å². The van der Waals surface area contributed by atoms with Gasteiger partial charge in [-0.05, 0) is 43.2 Å². The van der Waals surface area contributed by atoms with Crippen LogP contribution >= 0.6 is 0 Å². The van der Waals surface area contributed by atoms with Crippen LogP contribution in [0.2, 0.25) is 0 Å². The third-order valence-corrected chi connectivity index (χ3v) is 3.80. The molecule has 0 aliphatic carbocycles. The largest absolute Gasteiger partial charge is 0.331 e. The zero-order valence-corrected chi connectivity index (χ0v) is 15.5. The zero-order chi connectivity index (χ0) is 20.0. The molecule has 5 nitrogen and oxygen atoms in total. The van der Waals surface area contributed by atoms with Crippen LogP contribution in [0, 0.1) is 17.6 Å². The van der Waals surface area contributed by atoms with Crippen LogP contribution in [0.15, 0.2) is 42.5 Å². The van der Waals surface area contributed by atoms with Crippen molar-refractivity contribution < 1.29 is 18.4 Å². The first-order valence-corrected chi connectivity index (χ1v) is 8.67. The van der Waals surface area contributed by atoms with Crippen molar-refractivity contribution >= 4 is 23.3 Å². The zero-order valence-electron chi connectivity index (χ0n) is 15.5. The Morgan fingerprint density at radius 3 is 2.07 bits per heavy atom. The molecule has 0 fully saturated rings. The van der Waals surface area contributed by atoms with Crippen LogP contribution in [0.5, 0.6) is 0 Å². The average molecular weight is 375 g/mol. The van der Waals surface area contributed by atoms with Gasteiger partial charge in [0.1, 0.15) is 11.6 Å². The highest BCUT2D eigenvalue weighted by molar-refractivity contribution is 5.92. The summed E-state index contributed by atoms with van der Waals surface area (Å²) < 4.78 is 26.7. The number of halogens is 2. The van der Waals surface area contributed by atoms with Crippen molar-refractivity contribution in [3.63, 3.8) is 0 Å². The summed E-state index contributed by atoms with van der Waals surface area (Å²) in [6, 6.07) is 8.70. The van der Waals surface area contributed by atoms with Gasteiger partial charge in [0.25, 0.3) is 0 Å². The molecule has 7 heteroatoms. The van der Waals surface area contributed by atoms with Gasteiger partial charge >= 0.3 is 6.03 Å². The molecule has 0 heterocycles. The number of rotatable bonds is 6. The lowest BCUT2D eigenvalue weighted by Crippen LogP contribution is -2.31. The quantitative estimate of drug-likeness (QED) is 0.677. The Morgan fingerprint density at radius 1 is 0.926 bits per heavy atom. The third kappa shape index (κ3) is 6.36. The maximum absolute atomic E-state index is 13.8. The number of benzene rings is 2. The van der Waals surface area contributed by atoms with E-state index in [9.17, 15) is 18.4 Å². The van der Waals surface area contributed by atoms with E-state index in [4.69, 9.17) is 0 Å². The summed E-state index contributed by atoms with van der Waals surface area (Å²) in [5, 5.41) is 8.00. The van der Waals surface area contributed by atoms with Crippen LogP contribution in [0.3, 0.4) is 0 Å². The van der Waals surface area contributed by atoms with Crippen LogP contribution in [-0.4, -0.2) is 11.9 Å². The molecule has 2 rings (SSSR count). The van der Waals surface area contributed by atoms with Crippen molar-refractivity contribution in [2.45, 2.75) is 33.2 Å². The number of carbonyl (C=O) groups excluding carboxylic acids is 2. The number of amides is 3. The Balaban J connectivity index is 1.90. The number of urea groups is 1. The van der Waals surface area contributed by atoms with Gasteiger partial charge in [0, 0.05) is 29.4 Å². The minimum Gasteiger partial charge on any atom is -0.331 e. The SMILES string of the molecule is CC(C)CC(=O)Nc1ccc(NC(=O)NC(C)c2ccc(F)cc2F)cc1. The molecular formula is C20H23F2N3O2. The standard InChI is InChI=1S/C20H23F2N3O2/c1-12(2)10-19(26)24-15-5-7-16(8-6-15)25-20(27)23-13(3)17-9-4-14(21)11-18(17)22/h4-9,11-13H,10H2,1-3H3,(H,24,26)(H2,23,25,27). The van der Waals surface area contributed by atoms with E-state index < -0.39 is 23.7 Å². The first kappa shape index (κ1) is 20.4. The Hall–Kier alpha value is -2.96. The fourth-order valence-corrected chi connectivity index (χ4v) is 2.51. The second kappa shape index (κ2) is 9.12. The molecule has 0 aromatic heterocycles. The summed E-state index contributed by atoms with van der Waals surface area (Å²) in [7, 11) is 0. The van der Waals surface area contributed by atoms with Crippen molar-refractivity contribution in [2.24, 2.45) is 5.92 Å². The molecule has 3 amide bonds. The minimum atomic E-state index is -0.718. The van der Waals surface area contributed by atoms with Gasteiger partial charge in [-0.3, -0.25) is 4.79 Å². The van der Waals surface area contributed by atoms with Crippen molar-refractivity contribution in [3.8, 4) is 0 Å². The maximum atomic E-state index is 13.8. The molecule has 0 saturated carbocycles. The summed E-state index contributed by atoms with van der Waals surface area (Å²) in [6.07, 6.45) is 0.431. The highest BCUT2D eigenvalue weighted by Crippen LogP contribution is 2.18. The number of hydrogen-bond donors (Lipinski definition) is 3. The molecular weight excluding hydrogens is 352 g/mol. The molecule has 2 aromatic carbocycles. The topological polar surface area (TPSA) is 70.2 Å². The lowest BCUT2D eigenvalue weighted by molar-refractivity contribution is -0.116. The van der Waals surface area contributed by atoms with Crippen molar-refractivity contribution in [1.82, 2.24) is 5.32 Å². The highest BCUT2D eigenvalue weighted by Gasteiger charge is 2.14. The van der Waals surface area contributed by atoms with E-state index >= 15 is 0 Å². The predicted molar refractivity (Wildman–Crippen MR) is 101 cm³/mol. The van der Waals surface area contributed by atoms with E-state index in [1.807, 2.05) is 13.8 Å². The van der Waals surface area contributed by atoms with Crippen molar-refractivity contribution in [3.05, 3.63) is 59.7 Å². The molecule has 3 N–H and O–H groups in total. The summed E-state index contributed by atoms with van der Waals surface area (Å²) >= 11 is 0. The first-order valence-electron chi connectivity index (χ1n) is 8.67. The maximum Gasteiger partial charge on any atom is 0.319 e. The molecule has 1 unspecified atom stereocenters. The van der Waals surface area contributed by atoms with E-state index in [1.54, 1.807) is 31.2 Å². The van der Waals surface area contributed by atoms with Gasteiger partial charge in [-0.1, -0.05) is 19.9 Å². The number of carbonyl (C=O) groups is 2. The van der Waals surface area contributed by atoms with Crippen LogP contribution in [-0.2, 0) is 4.79 Å². The van der Waals surface area contributed by atoms with Gasteiger partial charge in [0.15, 0.2) is 0 Å². The number of hydrogen-bond acceptors (Lipinski definition) is 2. The smallest absolute Gasteiger partial charge is 0.319 e. The van der Waals surface area contributed by atoms with Crippen LogP contribution < -0.4 is 16.0 Å². The third-order valence-electron chi connectivity index (χ3n) is 3.80. The van der Waals surface area contributed by atoms with Gasteiger partial charge in [0.05, 0.1) is 6.04 Å². The number of nitrogens with one attached hydrogen (secondary N) is 3. The molecule has 27 heavy (non-hydrogen) atoms. The van der Waals surface area contributed by atoms with E-state index in [1.165, 1.54) is 6.07 Å². The summed E-state index contributed by atoms with van der Waals surface area (Å²) in [5.74, 6) is -1.20. The molecule has 0 bridgehead atoms. The van der Waals surface area contributed by atoms with Gasteiger partial charge in [-0.2, -0.15) is 0 Å². The van der Waals surface area contributed by atoms with E-state index in [2.05, 4.69) is 16.0 Å². The fourth-order valence-electron chi connectivity index (χ4n) is 2.51. The van der Waals surface area contributed by atoms with Crippen LogP contribution in [0.1, 0.15) is 38.8 Å². The molecule has 144 valence electrons. The second-order valence-corrected chi connectivity index (χ2v) is 6.71. The van der Waals surface area contributed by atoms with E-state index in [0.717, 1.165) is 12.1 Å². The summed E-state index contributed by atoms with van der Waals surface area (Å²) in [4.78, 5) is 23.8. The molecule has 2 aromatic rings. The Kier molecular flexibility index (Phi) is 6.87. The predicted octanol–water partition coefficient (Wildman–Crippen LogP) is 4.83. The average Bonchev–Trinajstić information content (AvgIpc) is 2.55.